The number of carbonyl (C=O) groups excluding carboxylic acids is 1. The molecule has 1 aliphatic carbocycles. The van der Waals surface area contributed by atoms with Gasteiger partial charge < -0.3 is 15.5 Å². The van der Waals surface area contributed by atoms with Crippen LogP contribution in [-0.4, -0.2) is 16.4 Å². The first-order valence-electron chi connectivity index (χ1n) is 6.27. The Balaban J connectivity index is 1.71. The summed E-state index contributed by atoms with van der Waals surface area (Å²) in [4.78, 5) is 15.8. The van der Waals surface area contributed by atoms with Gasteiger partial charge in [-0.3, -0.25) is 4.79 Å². The van der Waals surface area contributed by atoms with Crippen LogP contribution in [0.4, 0.5) is 5.69 Å². The van der Waals surface area contributed by atoms with Gasteiger partial charge in [0.25, 0.3) is 0 Å². The zero-order valence-corrected chi connectivity index (χ0v) is 10.4. The molecule has 0 unspecified atom stereocenters. The number of carbonyl (C=O) groups is 1. The summed E-state index contributed by atoms with van der Waals surface area (Å²) in [6, 6.07) is 7.41. The minimum atomic E-state index is -0.677. The third-order valence-corrected chi connectivity index (χ3v) is 3.56. The second-order valence-corrected chi connectivity index (χ2v) is 4.91. The van der Waals surface area contributed by atoms with Crippen molar-refractivity contribution in [3.63, 3.8) is 0 Å². The van der Waals surface area contributed by atoms with E-state index in [4.69, 9.17) is 10.2 Å². The summed E-state index contributed by atoms with van der Waals surface area (Å²) in [5.41, 5.74) is 6.95. The van der Waals surface area contributed by atoms with Crippen LogP contribution in [0.3, 0.4) is 0 Å². The molecule has 1 heterocycles. The molecule has 1 fully saturated rings. The molecule has 0 atom stereocenters. The molecule has 0 bridgehead atoms. The van der Waals surface area contributed by atoms with E-state index >= 15 is 0 Å². The van der Waals surface area contributed by atoms with Crippen LogP contribution in [0, 0.1) is 0 Å². The fourth-order valence-corrected chi connectivity index (χ4v) is 2.12. The van der Waals surface area contributed by atoms with E-state index in [-0.39, 0.29) is 5.91 Å². The van der Waals surface area contributed by atoms with Crippen molar-refractivity contribution < 1.29 is 9.21 Å². The molecule has 1 aliphatic rings. The number of hydrogen-bond acceptors (Lipinski definition) is 4. The molecule has 1 aromatic heterocycles. The van der Waals surface area contributed by atoms with E-state index in [0.29, 0.717) is 5.76 Å². The van der Waals surface area contributed by atoms with Gasteiger partial charge in [0.05, 0.1) is 11.7 Å². The topological polar surface area (TPSA) is 81.2 Å². The molecule has 0 radical (unpaired) electrons. The molecule has 3 N–H and O–H groups in total. The molecule has 3 rings (SSSR count). The lowest BCUT2D eigenvalue weighted by molar-refractivity contribution is -0.123. The number of nitrogens with one attached hydrogen (secondary N) is 1. The van der Waals surface area contributed by atoms with Crippen LogP contribution >= 0.6 is 0 Å². The van der Waals surface area contributed by atoms with Crippen LogP contribution in [0.1, 0.15) is 19.3 Å². The normalized spacial score (nSPS) is 16.7. The average Bonchev–Trinajstić information content (AvgIpc) is 2.90. The van der Waals surface area contributed by atoms with Crippen molar-refractivity contribution in [2.45, 2.75) is 24.8 Å². The predicted molar refractivity (Wildman–Crippen MR) is 71.3 cm³/mol. The summed E-state index contributed by atoms with van der Waals surface area (Å²) < 4.78 is 5.20. The smallest absolute Gasteiger partial charge is 0.244 e. The van der Waals surface area contributed by atoms with Crippen molar-refractivity contribution in [3.05, 3.63) is 36.9 Å². The molecule has 19 heavy (non-hydrogen) atoms. The molecule has 1 amide bonds. The maximum Gasteiger partial charge on any atom is 0.244 e. The molecule has 0 saturated heterocycles. The molecule has 2 aromatic rings. The Bertz CT molecular complexity index is 571. The van der Waals surface area contributed by atoms with E-state index in [1.165, 1.54) is 6.39 Å². The Morgan fingerprint density at radius 3 is 2.58 bits per heavy atom. The number of nitrogens with two attached hydrogens (primary N) is 1. The summed E-state index contributed by atoms with van der Waals surface area (Å²) in [6.45, 7) is 0. The fraction of sp³-hybridized carbons (Fsp3) is 0.286. The van der Waals surface area contributed by atoms with Crippen molar-refractivity contribution in [3.8, 4) is 11.3 Å². The molecular weight excluding hydrogens is 242 g/mol. The Morgan fingerprint density at radius 1 is 1.32 bits per heavy atom. The molecule has 0 spiro atoms. The molecule has 98 valence electrons. The fourth-order valence-electron chi connectivity index (χ4n) is 2.12. The quantitative estimate of drug-likeness (QED) is 0.882. The first-order chi connectivity index (χ1) is 9.17. The molecule has 5 heteroatoms. The number of nitrogens with zero attached hydrogens (tertiary/aromatic N) is 1. The van der Waals surface area contributed by atoms with Gasteiger partial charge in [0, 0.05) is 11.3 Å². The molecule has 0 aliphatic heterocycles. The van der Waals surface area contributed by atoms with Gasteiger partial charge in [0.15, 0.2) is 12.2 Å². The number of amides is 1. The van der Waals surface area contributed by atoms with Gasteiger partial charge in [0.1, 0.15) is 0 Å². The molecule has 1 aromatic carbocycles. The zero-order chi connectivity index (χ0) is 13.3. The van der Waals surface area contributed by atoms with Gasteiger partial charge >= 0.3 is 0 Å². The predicted octanol–water partition coefficient (Wildman–Crippen LogP) is 2.16. The maximum absolute atomic E-state index is 12.0. The van der Waals surface area contributed by atoms with Crippen LogP contribution in [0.25, 0.3) is 11.3 Å². The Hall–Kier alpha value is -2.14. The van der Waals surface area contributed by atoms with Gasteiger partial charge in [-0.2, -0.15) is 0 Å². The summed E-state index contributed by atoms with van der Waals surface area (Å²) in [5.74, 6) is 0.596. The van der Waals surface area contributed by atoms with Crippen LogP contribution in [0.5, 0.6) is 0 Å². The van der Waals surface area contributed by atoms with E-state index in [9.17, 15) is 4.79 Å². The van der Waals surface area contributed by atoms with Crippen molar-refractivity contribution in [2.24, 2.45) is 5.73 Å². The Labute approximate surface area is 110 Å². The highest BCUT2D eigenvalue weighted by atomic mass is 16.3. The van der Waals surface area contributed by atoms with Crippen LogP contribution < -0.4 is 11.1 Å². The minimum Gasteiger partial charge on any atom is -0.444 e. The number of aromatic nitrogens is 1. The second-order valence-electron chi connectivity index (χ2n) is 4.91. The maximum atomic E-state index is 12.0. The molecular formula is C14H15N3O2. The van der Waals surface area contributed by atoms with Gasteiger partial charge in [0.2, 0.25) is 5.91 Å². The lowest BCUT2D eigenvalue weighted by Gasteiger charge is -2.36. The van der Waals surface area contributed by atoms with Crippen LogP contribution in [0.15, 0.2) is 41.3 Å². The highest BCUT2D eigenvalue weighted by Gasteiger charge is 2.40. The van der Waals surface area contributed by atoms with Gasteiger partial charge in [-0.15, -0.1) is 0 Å². The van der Waals surface area contributed by atoms with Crippen molar-refractivity contribution in [1.29, 1.82) is 0 Å². The van der Waals surface area contributed by atoms with E-state index in [1.807, 2.05) is 24.3 Å². The van der Waals surface area contributed by atoms with E-state index in [1.54, 1.807) is 6.20 Å². The largest absolute Gasteiger partial charge is 0.444 e. The number of anilines is 1. The van der Waals surface area contributed by atoms with Crippen LogP contribution in [-0.2, 0) is 4.79 Å². The van der Waals surface area contributed by atoms with Crippen molar-refractivity contribution in [2.75, 3.05) is 5.32 Å². The first-order valence-corrected chi connectivity index (χ1v) is 6.27. The van der Waals surface area contributed by atoms with Gasteiger partial charge in [-0.05, 0) is 43.5 Å². The zero-order valence-electron chi connectivity index (χ0n) is 10.4. The molecule has 1 saturated carbocycles. The monoisotopic (exact) mass is 257 g/mol. The number of hydrogen-bond donors (Lipinski definition) is 2. The summed E-state index contributed by atoms with van der Waals surface area (Å²) in [5, 5.41) is 2.85. The SMILES string of the molecule is NC1(C(=O)Nc2ccc(-c3cnco3)cc2)CCC1. The van der Waals surface area contributed by atoms with Crippen molar-refractivity contribution in [1.82, 2.24) is 4.98 Å². The number of rotatable bonds is 3. The number of oxazole rings is 1. The third kappa shape index (κ3) is 2.24. The Kier molecular flexibility index (Phi) is 2.83. The minimum absolute atomic E-state index is 0.105. The van der Waals surface area contributed by atoms with E-state index < -0.39 is 5.54 Å². The lowest BCUT2D eigenvalue weighted by atomic mass is 9.77. The number of benzene rings is 1. The van der Waals surface area contributed by atoms with E-state index in [2.05, 4.69) is 10.3 Å². The van der Waals surface area contributed by atoms with Crippen LogP contribution in [0.2, 0.25) is 0 Å². The Morgan fingerprint density at radius 2 is 2.05 bits per heavy atom. The third-order valence-electron chi connectivity index (χ3n) is 3.56. The standard InChI is InChI=1S/C14H15N3O2/c15-14(6-1-7-14)13(18)17-11-4-2-10(3-5-11)12-8-16-9-19-12/h2-5,8-9H,1,6-7,15H2,(H,17,18). The van der Waals surface area contributed by atoms with Crippen molar-refractivity contribution >= 4 is 11.6 Å². The molecule has 5 nitrogen and oxygen atoms in total. The second kappa shape index (κ2) is 4.51. The highest BCUT2D eigenvalue weighted by molar-refractivity contribution is 5.98. The summed E-state index contributed by atoms with van der Waals surface area (Å²) in [6.07, 6.45) is 5.58. The first kappa shape index (κ1) is 11.9. The summed E-state index contributed by atoms with van der Waals surface area (Å²) in [7, 11) is 0. The lowest BCUT2D eigenvalue weighted by Crippen LogP contribution is -2.56. The highest BCUT2D eigenvalue weighted by Crippen LogP contribution is 2.30. The van der Waals surface area contributed by atoms with Gasteiger partial charge in [-0.1, -0.05) is 0 Å². The summed E-state index contributed by atoms with van der Waals surface area (Å²) >= 11 is 0. The van der Waals surface area contributed by atoms with Gasteiger partial charge in [-0.25, -0.2) is 4.98 Å². The average molecular weight is 257 g/mol. The van der Waals surface area contributed by atoms with E-state index in [0.717, 1.165) is 30.5 Å².